The Balaban J connectivity index is 0.000000423. The lowest BCUT2D eigenvalue weighted by atomic mass is 10.1. The van der Waals surface area contributed by atoms with E-state index in [1.807, 2.05) is 6.92 Å². The van der Waals surface area contributed by atoms with E-state index in [1.54, 1.807) is 12.3 Å². The molecule has 0 saturated heterocycles. The first kappa shape index (κ1) is 13.5. The SMILES string of the molecule is CC(=O)O.CC(=O)OC1C=COC(C)C1. The topological polar surface area (TPSA) is 72.8 Å². The van der Waals surface area contributed by atoms with Crippen molar-refractivity contribution in [1.82, 2.24) is 0 Å². The van der Waals surface area contributed by atoms with E-state index in [9.17, 15) is 4.79 Å². The summed E-state index contributed by atoms with van der Waals surface area (Å²) in [6.45, 7) is 4.44. The molecule has 0 saturated carbocycles. The Bertz CT molecular complexity index is 242. The average Bonchev–Trinajstić information content (AvgIpc) is 2.00. The van der Waals surface area contributed by atoms with Crippen molar-refractivity contribution in [2.24, 2.45) is 0 Å². The van der Waals surface area contributed by atoms with Gasteiger partial charge in [0.05, 0.1) is 12.4 Å². The molecule has 0 fully saturated rings. The summed E-state index contributed by atoms with van der Waals surface area (Å²) in [5.74, 6) is -1.08. The normalized spacial score (nSPS) is 23.1. The number of esters is 1. The lowest BCUT2D eigenvalue weighted by Crippen LogP contribution is -2.23. The lowest BCUT2D eigenvalue weighted by Gasteiger charge is -2.21. The number of carbonyl (C=O) groups is 2. The third-order valence-corrected chi connectivity index (χ3v) is 1.49. The number of aliphatic carboxylic acids is 1. The van der Waals surface area contributed by atoms with Crippen molar-refractivity contribution in [3.63, 3.8) is 0 Å². The number of carboxylic acids is 1. The number of carboxylic acid groups (broad SMARTS) is 1. The summed E-state index contributed by atoms with van der Waals surface area (Å²) >= 11 is 0. The molecule has 1 aliphatic rings. The van der Waals surface area contributed by atoms with Gasteiger partial charge in [-0.3, -0.25) is 9.59 Å². The highest BCUT2D eigenvalue weighted by Gasteiger charge is 2.16. The molecular weight excluding hydrogens is 200 g/mol. The summed E-state index contributed by atoms with van der Waals surface area (Å²) in [6.07, 6.45) is 4.12. The van der Waals surface area contributed by atoms with Crippen LogP contribution in [0.3, 0.4) is 0 Å². The Kier molecular flexibility index (Phi) is 6.17. The van der Waals surface area contributed by atoms with Gasteiger partial charge in [0.2, 0.25) is 0 Å². The predicted octanol–water partition coefficient (Wildman–Crippen LogP) is 1.33. The second-order valence-corrected chi connectivity index (χ2v) is 3.18. The fourth-order valence-electron chi connectivity index (χ4n) is 1.03. The van der Waals surface area contributed by atoms with Crippen LogP contribution in [0.4, 0.5) is 0 Å². The molecule has 2 atom stereocenters. The first-order valence-electron chi connectivity index (χ1n) is 4.60. The van der Waals surface area contributed by atoms with Gasteiger partial charge in [0.25, 0.3) is 5.97 Å². The van der Waals surface area contributed by atoms with E-state index < -0.39 is 5.97 Å². The monoisotopic (exact) mass is 216 g/mol. The van der Waals surface area contributed by atoms with Gasteiger partial charge in [-0.1, -0.05) is 0 Å². The summed E-state index contributed by atoms with van der Waals surface area (Å²) < 4.78 is 10.1. The van der Waals surface area contributed by atoms with E-state index in [4.69, 9.17) is 19.4 Å². The molecule has 0 aromatic carbocycles. The Hall–Kier alpha value is -1.52. The minimum atomic E-state index is -0.833. The van der Waals surface area contributed by atoms with Crippen LogP contribution in [0.2, 0.25) is 0 Å². The third-order valence-electron chi connectivity index (χ3n) is 1.49. The zero-order chi connectivity index (χ0) is 11.8. The molecule has 0 bridgehead atoms. The van der Waals surface area contributed by atoms with E-state index in [1.165, 1.54) is 6.92 Å². The molecule has 5 heteroatoms. The van der Waals surface area contributed by atoms with Crippen LogP contribution in [0.25, 0.3) is 0 Å². The van der Waals surface area contributed by atoms with Crippen LogP contribution in [-0.4, -0.2) is 29.3 Å². The van der Waals surface area contributed by atoms with Crippen LogP contribution in [0.5, 0.6) is 0 Å². The molecular formula is C10H16O5. The largest absolute Gasteiger partial charge is 0.498 e. The van der Waals surface area contributed by atoms with Crippen LogP contribution in [0, 0.1) is 0 Å². The number of carbonyl (C=O) groups excluding carboxylic acids is 1. The van der Waals surface area contributed by atoms with Crippen LogP contribution in [-0.2, 0) is 19.1 Å². The van der Waals surface area contributed by atoms with E-state index in [0.717, 1.165) is 13.3 Å². The van der Waals surface area contributed by atoms with Gasteiger partial charge in [0.15, 0.2) is 0 Å². The Morgan fingerprint density at radius 1 is 1.47 bits per heavy atom. The molecule has 1 aliphatic heterocycles. The molecule has 0 aromatic heterocycles. The molecule has 0 aromatic rings. The molecule has 1 N–H and O–H groups in total. The molecule has 15 heavy (non-hydrogen) atoms. The highest BCUT2D eigenvalue weighted by atomic mass is 16.5. The van der Waals surface area contributed by atoms with Gasteiger partial charge in [0, 0.05) is 20.3 Å². The minimum Gasteiger partial charge on any atom is -0.498 e. The van der Waals surface area contributed by atoms with Gasteiger partial charge < -0.3 is 14.6 Å². The van der Waals surface area contributed by atoms with E-state index in [-0.39, 0.29) is 18.2 Å². The molecule has 0 aliphatic carbocycles. The summed E-state index contributed by atoms with van der Waals surface area (Å²) in [6, 6.07) is 0. The number of rotatable bonds is 1. The summed E-state index contributed by atoms with van der Waals surface area (Å²) in [5.41, 5.74) is 0. The maximum atomic E-state index is 10.5. The zero-order valence-corrected chi connectivity index (χ0v) is 9.10. The van der Waals surface area contributed by atoms with Crippen LogP contribution in [0.1, 0.15) is 27.2 Å². The second kappa shape index (κ2) is 6.86. The van der Waals surface area contributed by atoms with E-state index in [2.05, 4.69) is 0 Å². The minimum absolute atomic E-state index is 0.101. The Labute approximate surface area is 88.7 Å². The van der Waals surface area contributed by atoms with Gasteiger partial charge in [-0.25, -0.2) is 0 Å². The maximum Gasteiger partial charge on any atom is 0.303 e. The first-order valence-corrected chi connectivity index (χ1v) is 4.60. The Morgan fingerprint density at radius 3 is 2.40 bits per heavy atom. The van der Waals surface area contributed by atoms with Crippen molar-refractivity contribution in [3.05, 3.63) is 12.3 Å². The van der Waals surface area contributed by atoms with Gasteiger partial charge in [-0.05, 0) is 13.0 Å². The fraction of sp³-hybridized carbons (Fsp3) is 0.600. The predicted molar refractivity (Wildman–Crippen MR) is 53.2 cm³/mol. The molecule has 5 nitrogen and oxygen atoms in total. The maximum absolute atomic E-state index is 10.5. The average molecular weight is 216 g/mol. The standard InChI is InChI=1S/C8H12O3.C2H4O2/c1-6-5-8(3-4-10-6)11-7(2)9;1-2(3)4/h3-4,6,8H,5H2,1-2H3;1H3,(H,3,4). The quantitative estimate of drug-likeness (QED) is 0.669. The molecule has 86 valence electrons. The summed E-state index contributed by atoms with van der Waals surface area (Å²) in [4.78, 5) is 19.5. The van der Waals surface area contributed by atoms with Gasteiger partial charge in [0.1, 0.15) is 6.10 Å². The number of hydrogen-bond acceptors (Lipinski definition) is 4. The van der Waals surface area contributed by atoms with Crippen LogP contribution in [0.15, 0.2) is 12.3 Å². The van der Waals surface area contributed by atoms with Crippen LogP contribution >= 0.6 is 0 Å². The van der Waals surface area contributed by atoms with Crippen molar-refractivity contribution in [3.8, 4) is 0 Å². The molecule has 0 amide bonds. The lowest BCUT2D eigenvalue weighted by molar-refractivity contribution is -0.145. The fourth-order valence-corrected chi connectivity index (χ4v) is 1.03. The third kappa shape index (κ3) is 8.80. The molecule has 0 radical (unpaired) electrons. The van der Waals surface area contributed by atoms with Crippen molar-refractivity contribution < 1.29 is 24.2 Å². The molecule has 1 rings (SSSR count). The smallest absolute Gasteiger partial charge is 0.303 e. The first-order chi connectivity index (χ1) is 6.91. The number of hydrogen-bond donors (Lipinski definition) is 1. The molecule has 0 spiro atoms. The van der Waals surface area contributed by atoms with E-state index in [0.29, 0.717) is 0 Å². The Morgan fingerprint density at radius 2 is 2.00 bits per heavy atom. The number of ether oxygens (including phenoxy) is 2. The van der Waals surface area contributed by atoms with Crippen LogP contribution < -0.4 is 0 Å². The van der Waals surface area contributed by atoms with Crippen molar-refractivity contribution in [2.75, 3.05) is 0 Å². The van der Waals surface area contributed by atoms with Gasteiger partial charge in [-0.2, -0.15) is 0 Å². The molecule has 1 heterocycles. The van der Waals surface area contributed by atoms with Crippen molar-refractivity contribution in [1.29, 1.82) is 0 Å². The van der Waals surface area contributed by atoms with E-state index >= 15 is 0 Å². The van der Waals surface area contributed by atoms with Gasteiger partial charge >= 0.3 is 5.97 Å². The summed E-state index contributed by atoms with van der Waals surface area (Å²) in [5, 5.41) is 7.42. The van der Waals surface area contributed by atoms with Crippen molar-refractivity contribution in [2.45, 2.75) is 39.4 Å². The summed E-state index contributed by atoms with van der Waals surface area (Å²) in [7, 11) is 0. The molecule has 2 unspecified atom stereocenters. The van der Waals surface area contributed by atoms with Gasteiger partial charge in [-0.15, -0.1) is 0 Å². The highest BCUT2D eigenvalue weighted by Crippen LogP contribution is 2.13. The van der Waals surface area contributed by atoms with Crippen molar-refractivity contribution >= 4 is 11.9 Å². The highest BCUT2D eigenvalue weighted by molar-refractivity contribution is 5.66. The second-order valence-electron chi connectivity index (χ2n) is 3.18. The zero-order valence-electron chi connectivity index (χ0n) is 9.10.